The number of hydrogen-bond acceptors (Lipinski definition) is 9. The minimum absolute atomic E-state index is 0.0239. The van der Waals surface area contributed by atoms with Crippen molar-refractivity contribution in [2.75, 3.05) is 19.8 Å². The van der Waals surface area contributed by atoms with Crippen molar-refractivity contribution in [3.63, 3.8) is 0 Å². The molecule has 0 bridgehead atoms. The molecular formula is C24H22N2O7. The quantitative estimate of drug-likeness (QED) is 0.149. The second kappa shape index (κ2) is 13.3. The molecule has 0 fully saturated rings. The van der Waals surface area contributed by atoms with Gasteiger partial charge < -0.3 is 14.2 Å². The topological polar surface area (TPSA) is 132 Å². The lowest BCUT2D eigenvalue weighted by molar-refractivity contribution is -0.129. The minimum Gasteiger partial charge on any atom is -0.460 e. The van der Waals surface area contributed by atoms with Crippen LogP contribution in [0, 0.1) is 17.4 Å². The van der Waals surface area contributed by atoms with Gasteiger partial charge in [-0.1, -0.05) is 12.1 Å². The highest BCUT2D eigenvalue weighted by Crippen LogP contribution is 2.18. The van der Waals surface area contributed by atoms with Gasteiger partial charge in [-0.2, -0.15) is 4.99 Å². The highest BCUT2D eigenvalue weighted by Gasteiger charge is 2.19. The summed E-state index contributed by atoms with van der Waals surface area (Å²) in [5.74, 6) is -1.02. The molecule has 0 aliphatic rings. The first-order valence-electron chi connectivity index (χ1n) is 10.0. The number of carbonyl (C=O) groups is 3. The lowest BCUT2D eigenvalue weighted by Crippen LogP contribution is -2.22. The molecular weight excluding hydrogens is 428 g/mol. The molecule has 0 saturated carbocycles. The average molecular weight is 450 g/mol. The predicted octanol–water partition coefficient (Wildman–Crippen LogP) is 3.09. The number of Topliss-reactive ketones (excluding diaryl/α,β-unsaturated/α-hetero) is 2. The van der Waals surface area contributed by atoms with Crippen molar-refractivity contribution in [3.8, 4) is 12.0 Å². The Labute approximate surface area is 190 Å². The maximum atomic E-state index is 12.2. The van der Waals surface area contributed by atoms with Crippen LogP contribution in [0.15, 0.2) is 53.5 Å². The number of ketones is 2. The van der Waals surface area contributed by atoms with Crippen LogP contribution in [0.3, 0.4) is 0 Å². The number of hydrogen-bond donors (Lipinski definition) is 0. The van der Waals surface area contributed by atoms with E-state index < -0.39 is 11.9 Å². The van der Waals surface area contributed by atoms with Gasteiger partial charge >= 0.3 is 5.97 Å². The van der Waals surface area contributed by atoms with E-state index in [2.05, 4.69) is 4.99 Å². The minimum atomic E-state index is -0.575. The Bertz CT molecular complexity index is 1050. The van der Waals surface area contributed by atoms with Crippen molar-refractivity contribution < 1.29 is 33.4 Å². The zero-order valence-electron chi connectivity index (χ0n) is 18.0. The second-order valence-corrected chi connectivity index (χ2v) is 7.03. The van der Waals surface area contributed by atoms with Gasteiger partial charge in [0.15, 0.2) is 5.78 Å². The van der Waals surface area contributed by atoms with Gasteiger partial charge in [-0.25, -0.2) is 9.59 Å². The smallest absolute Gasteiger partial charge is 0.338 e. The van der Waals surface area contributed by atoms with Crippen LogP contribution in [0.5, 0.6) is 5.75 Å². The summed E-state index contributed by atoms with van der Waals surface area (Å²) in [5.41, 5.74) is 1.50. The monoisotopic (exact) mass is 450 g/mol. The SMILES string of the molecule is CC(=O)C(CC(=O)COCCOC(=O)c1ccc(N=C=O)cc1)Cc1ccc(OC#N)cc1. The molecule has 1 atom stereocenters. The van der Waals surface area contributed by atoms with Crippen LogP contribution in [0.25, 0.3) is 0 Å². The van der Waals surface area contributed by atoms with E-state index >= 15 is 0 Å². The number of nitrogens with zero attached hydrogens (tertiary/aromatic N) is 2. The van der Waals surface area contributed by atoms with Gasteiger partial charge in [0.1, 0.15) is 24.7 Å². The summed E-state index contributed by atoms with van der Waals surface area (Å²) in [4.78, 5) is 49.7. The van der Waals surface area contributed by atoms with Gasteiger partial charge in [0, 0.05) is 12.3 Å². The van der Waals surface area contributed by atoms with Crippen molar-refractivity contribution in [1.82, 2.24) is 0 Å². The van der Waals surface area contributed by atoms with E-state index in [-0.39, 0.29) is 43.4 Å². The summed E-state index contributed by atoms with van der Waals surface area (Å²) >= 11 is 0. The van der Waals surface area contributed by atoms with Crippen molar-refractivity contribution in [2.24, 2.45) is 10.9 Å². The summed E-state index contributed by atoms with van der Waals surface area (Å²) in [6, 6.07) is 12.6. The summed E-state index contributed by atoms with van der Waals surface area (Å²) < 4.78 is 15.0. The van der Waals surface area contributed by atoms with E-state index in [0.717, 1.165) is 5.56 Å². The van der Waals surface area contributed by atoms with Gasteiger partial charge in [0.25, 0.3) is 6.26 Å². The Balaban J connectivity index is 1.72. The molecule has 0 aliphatic heterocycles. The number of ether oxygens (including phenoxy) is 3. The molecule has 9 nitrogen and oxygen atoms in total. The number of isocyanates is 1. The molecule has 1 unspecified atom stereocenters. The lowest BCUT2D eigenvalue weighted by Gasteiger charge is -2.13. The Hall–Kier alpha value is -4.12. The van der Waals surface area contributed by atoms with Gasteiger partial charge in [-0.15, -0.1) is 5.26 Å². The highest BCUT2D eigenvalue weighted by atomic mass is 16.6. The molecule has 0 N–H and O–H groups in total. The fraction of sp³-hybridized carbons (Fsp3) is 0.292. The van der Waals surface area contributed by atoms with Gasteiger partial charge in [-0.3, -0.25) is 9.59 Å². The second-order valence-electron chi connectivity index (χ2n) is 7.03. The Kier molecular flexibility index (Phi) is 10.2. The number of carbonyl (C=O) groups excluding carboxylic acids is 4. The number of rotatable bonds is 13. The molecule has 0 saturated heterocycles. The molecule has 33 heavy (non-hydrogen) atoms. The molecule has 2 aromatic carbocycles. The summed E-state index contributed by atoms with van der Waals surface area (Å²) in [7, 11) is 0. The van der Waals surface area contributed by atoms with Crippen LogP contribution in [-0.2, 0) is 30.3 Å². The van der Waals surface area contributed by atoms with Crippen LogP contribution >= 0.6 is 0 Å². The first-order valence-corrected chi connectivity index (χ1v) is 10.0. The summed E-state index contributed by atoms with van der Waals surface area (Å²) in [5, 5.41) is 8.51. The van der Waals surface area contributed by atoms with Crippen molar-refractivity contribution in [3.05, 3.63) is 59.7 Å². The molecule has 9 heteroatoms. The molecule has 0 heterocycles. The van der Waals surface area contributed by atoms with Crippen molar-refractivity contribution in [2.45, 2.75) is 19.8 Å². The predicted molar refractivity (Wildman–Crippen MR) is 116 cm³/mol. The maximum Gasteiger partial charge on any atom is 0.338 e. The molecule has 2 rings (SSSR count). The zero-order chi connectivity index (χ0) is 24.1. The van der Waals surface area contributed by atoms with E-state index in [1.54, 1.807) is 30.5 Å². The third-order valence-corrected chi connectivity index (χ3v) is 4.62. The molecule has 2 aromatic rings. The molecule has 0 radical (unpaired) electrons. The van der Waals surface area contributed by atoms with E-state index in [9.17, 15) is 19.2 Å². The first-order chi connectivity index (χ1) is 15.9. The van der Waals surface area contributed by atoms with Crippen LogP contribution in [-0.4, -0.2) is 43.4 Å². The fourth-order valence-electron chi connectivity index (χ4n) is 2.91. The van der Waals surface area contributed by atoms with Crippen LogP contribution < -0.4 is 4.74 Å². The number of esters is 1. The Morgan fingerprint density at radius 1 is 1.03 bits per heavy atom. The summed E-state index contributed by atoms with van der Waals surface area (Å²) in [6.07, 6.45) is 3.40. The van der Waals surface area contributed by atoms with E-state index in [1.165, 1.54) is 37.3 Å². The zero-order valence-corrected chi connectivity index (χ0v) is 18.0. The van der Waals surface area contributed by atoms with Crippen molar-refractivity contribution in [1.29, 1.82) is 5.26 Å². The summed E-state index contributed by atoms with van der Waals surface area (Å²) in [6.45, 7) is 1.21. The molecule has 0 spiro atoms. The van der Waals surface area contributed by atoms with Gasteiger partial charge in [0.2, 0.25) is 6.08 Å². The molecule has 0 aromatic heterocycles. The van der Waals surface area contributed by atoms with Crippen molar-refractivity contribution >= 4 is 29.3 Å². The average Bonchev–Trinajstić information content (AvgIpc) is 2.80. The van der Waals surface area contributed by atoms with Crippen LogP contribution in [0.4, 0.5) is 5.69 Å². The molecule has 170 valence electrons. The van der Waals surface area contributed by atoms with Gasteiger partial charge in [0.05, 0.1) is 17.9 Å². The highest BCUT2D eigenvalue weighted by molar-refractivity contribution is 5.89. The van der Waals surface area contributed by atoms with E-state index in [4.69, 9.17) is 19.5 Å². The fourth-order valence-corrected chi connectivity index (χ4v) is 2.91. The van der Waals surface area contributed by atoms with E-state index in [1.807, 2.05) is 0 Å². The normalized spacial score (nSPS) is 10.9. The third-order valence-electron chi connectivity index (χ3n) is 4.62. The molecule has 0 amide bonds. The van der Waals surface area contributed by atoms with E-state index in [0.29, 0.717) is 17.9 Å². The Morgan fingerprint density at radius 3 is 2.33 bits per heavy atom. The number of nitriles is 1. The lowest BCUT2D eigenvalue weighted by atomic mass is 9.91. The van der Waals surface area contributed by atoms with Crippen LogP contribution in [0.1, 0.15) is 29.3 Å². The largest absolute Gasteiger partial charge is 0.460 e. The van der Waals surface area contributed by atoms with Crippen LogP contribution in [0.2, 0.25) is 0 Å². The standard InChI is InChI=1S/C24H22N2O7/c1-17(28)20(12-18-2-8-23(9-3-18)33-15-25)13-22(29)14-31-10-11-32-24(30)19-4-6-21(7-5-19)26-16-27/h2-9,20H,10-14H2,1H3. The third kappa shape index (κ3) is 8.87. The maximum absolute atomic E-state index is 12.2. The van der Waals surface area contributed by atoms with Gasteiger partial charge in [-0.05, 0) is 55.3 Å². The number of aliphatic imine (C=N–C) groups is 1. The molecule has 0 aliphatic carbocycles. The Morgan fingerprint density at radius 2 is 1.73 bits per heavy atom. The number of benzene rings is 2. The first kappa shape index (κ1) is 25.1.